The van der Waals surface area contributed by atoms with Crippen molar-refractivity contribution in [2.45, 2.75) is 13.8 Å². The van der Waals surface area contributed by atoms with Gasteiger partial charge in [-0.25, -0.2) is 9.98 Å². The Hall–Kier alpha value is -3.13. The van der Waals surface area contributed by atoms with Crippen LogP contribution in [0, 0.1) is 3.57 Å². The van der Waals surface area contributed by atoms with Crippen molar-refractivity contribution in [3.05, 3.63) is 81.9 Å². The van der Waals surface area contributed by atoms with Gasteiger partial charge in [-0.05, 0) is 91.0 Å². The molecule has 0 atom stereocenters. The summed E-state index contributed by atoms with van der Waals surface area (Å²) in [5, 5.41) is 1.01. The van der Waals surface area contributed by atoms with Crippen molar-refractivity contribution >= 4 is 56.0 Å². The standard InChI is InChI=1S/C26H23IN4O/c1-3-31(4-2)20-14-9-17-15-21(25-29-22-7-5-6-8-23(22)30-25)26(32-24(17)16-20)28-19-12-10-18(27)11-13-19/h5-16H,3-4H2,1-2H3,(H,29,30). The highest BCUT2D eigenvalue weighted by molar-refractivity contribution is 14.1. The minimum Gasteiger partial charge on any atom is -0.438 e. The maximum Gasteiger partial charge on any atom is 0.230 e. The molecular formula is C26H23IN4O. The number of nitrogens with zero attached hydrogens (tertiary/aromatic N) is 3. The molecule has 6 heteroatoms. The molecule has 5 aromatic rings. The molecule has 160 valence electrons. The van der Waals surface area contributed by atoms with Crippen LogP contribution in [0.1, 0.15) is 13.8 Å². The lowest BCUT2D eigenvalue weighted by Crippen LogP contribution is -2.21. The van der Waals surface area contributed by atoms with Crippen LogP contribution in [0.5, 0.6) is 0 Å². The number of hydrogen-bond acceptors (Lipinski definition) is 4. The van der Waals surface area contributed by atoms with Crippen molar-refractivity contribution in [3.63, 3.8) is 0 Å². The van der Waals surface area contributed by atoms with Gasteiger partial charge in [0.1, 0.15) is 11.4 Å². The monoisotopic (exact) mass is 534 g/mol. The molecule has 3 aromatic carbocycles. The first-order chi connectivity index (χ1) is 15.6. The van der Waals surface area contributed by atoms with Crippen LogP contribution in [0.2, 0.25) is 0 Å². The van der Waals surface area contributed by atoms with E-state index < -0.39 is 0 Å². The first-order valence-corrected chi connectivity index (χ1v) is 11.8. The Morgan fingerprint density at radius 3 is 2.50 bits per heavy atom. The molecule has 0 aliphatic heterocycles. The summed E-state index contributed by atoms with van der Waals surface area (Å²) >= 11 is 2.29. The number of aromatic amines is 1. The Morgan fingerprint density at radius 1 is 0.969 bits per heavy atom. The van der Waals surface area contributed by atoms with Crippen molar-refractivity contribution < 1.29 is 4.42 Å². The van der Waals surface area contributed by atoms with Crippen molar-refractivity contribution in [1.29, 1.82) is 0 Å². The van der Waals surface area contributed by atoms with Gasteiger partial charge in [-0.15, -0.1) is 0 Å². The summed E-state index contributed by atoms with van der Waals surface area (Å²) in [6.45, 7) is 6.21. The number of benzene rings is 3. The molecule has 2 aromatic heterocycles. The predicted octanol–water partition coefficient (Wildman–Crippen LogP) is 6.66. The van der Waals surface area contributed by atoms with Gasteiger partial charge in [0.25, 0.3) is 0 Å². The molecule has 32 heavy (non-hydrogen) atoms. The lowest BCUT2D eigenvalue weighted by Gasteiger charge is -2.21. The highest BCUT2D eigenvalue weighted by atomic mass is 127. The Morgan fingerprint density at radius 2 is 1.75 bits per heavy atom. The zero-order valence-corrected chi connectivity index (χ0v) is 20.1. The van der Waals surface area contributed by atoms with Crippen molar-refractivity contribution in [2.75, 3.05) is 18.0 Å². The van der Waals surface area contributed by atoms with E-state index in [0.29, 0.717) is 5.55 Å². The zero-order chi connectivity index (χ0) is 22.1. The molecule has 0 amide bonds. The number of para-hydroxylation sites is 2. The minimum absolute atomic E-state index is 0.537. The number of imidazole rings is 1. The van der Waals surface area contributed by atoms with E-state index in [-0.39, 0.29) is 0 Å². The number of fused-ring (bicyclic) bond motifs is 2. The van der Waals surface area contributed by atoms with E-state index in [1.165, 1.54) is 3.57 Å². The van der Waals surface area contributed by atoms with E-state index in [0.717, 1.165) is 57.9 Å². The van der Waals surface area contributed by atoms with Crippen LogP contribution in [0.25, 0.3) is 33.4 Å². The molecule has 0 bridgehead atoms. The number of H-pyrrole nitrogens is 1. The second-order valence-corrected chi connectivity index (χ2v) is 8.80. The molecule has 0 saturated heterocycles. The number of nitrogens with one attached hydrogen (secondary N) is 1. The average Bonchev–Trinajstić information content (AvgIpc) is 3.25. The lowest BCUT2D eigenvalue weighted by atomic mass is 10.1. The largest absolute Gasteiger partial charge is 0.438 e. The summed E-state index contributed by atoms with van der Waals surface area (Å²) < 4.78 is 7.57. The number of aromatic nitrogens is 2. The fourth-order valence-corrected chi connectivity index (χ4v) is 4.22. The SMILES string of the molecule is CCN(CC)c1ccc2cc(-c3nc4ccccc4[nH]3)c(=Nc3ccc(I)cc3)oc2c1. The molecular weight excluding hydrogens is 511 g/mol. The maximum absolute atomic E-state index is 6.40. The van der Waals surface area contributed by atoms with E-state index in [2.05, 4.69) is 70.6 Å². The van der Waals surface area contributed by atoms with Gasteiger partial charge in [0.15, 0.2) is 0 Å². The van der Waals surface area contributed by atoms with Crippen LogP contribution in [0.4, 0.5) is 11.4 Å². The van der Waals surface area contributed by atoms with Gasteiger partial charge in [-0.1, -0.05) is 12.1 Å². The van der Waals surface area contributed by atoms with Crippen molar-refractivity contribution in [3.8, 4) is 11.4 Å². The van der Waals surface area contributed by atoms with Gasteiger partial charge in [-0.2, -0.15) is 0 Å². The number of hydrogen-bond donors (Lipinski definition) is 1. The summed E-state index contributed by atoms with van der Waals surface area (Å²) in [6, 6.07) is 24.5. The van der Waals surface area contributed by atoms with Crippen molar-refractivity contribution in [2.24, 2.45) is 4.99 Å². The van der Waals surface area contributed by atoms with Crippen LogP contribution in [0.15, 0.2) is 82.2 Å². The second kappa shape index (κ2) is 8.78. The van der Waals surface area contributed by atoms with Crippen LogP contribution in [-0.2, 0) is 0 Å². The third-order valence-corrected chi connectivity index (χ3v) is 6.28. The Balaban J connectivity index is 1.75. The predicted molar refractivity (Wildman–Crippen MR) is 139 cm³/mol. The molecule has 1 N–H and O–H groups in total. The normalized spacial score (nSPS) is 12.0. The Labute approximate surface area is 200 Å². The Kier molecular flexibility index (Phi) is 5.70. The van der Waals surface area contributed by atoms with Crippen LogP contribution < -0.4 is 10.5 Å². The smallest absolute Gasteiger partial charge is 0.230 e. The first-order valence-electron chi connectivity index (χ1n) is 10.7. The van der Waals surface area contributed by atoms with E-state index in [1.54, 1.807) is 0 Å². The molecule has 0 saturated carbocycles. The highest BCUT2D eigenvalue weighted by Gasteiger charge is 2.13. The topological polar surface area (TPSA) is 57.4 Å². The fourth-order valence-electron chi connectivity index (χ4n) is 3.86. The summed E-state index contributed by atoms with van der Waals surface area (Å²) in [5.41, 5.74) is 6.06. The number of anilines is 1. The lowest BCUT2D eigenvalue weighted by molar-refractivity contribution is 0.547. The Bertz CT molecular complexity index is 1430. The molecule has 0 spiro atoms. The molecule has 2 heterocycles. The van der Waals surface area contributed by atoms with Gasteiger partial charge in [0, 0.05) is 33.8 Å². The molecule has 5 rings (SSSR count). The molecule has 0 unspecified atom stereocenters. The molecule has 0 aliphatic rings. The molecule has 0 fully saturated rings. The van der Waals surface area contributed by atoms with E-state index in [4.69, 9.17) is 14.4 Å². The summed E-state index contributed by atoms with van der Waals surface area (Å²) in [4.78, 5) is 15.4. The third kappa shape index (κ3) is 4.02. The van der Waals surface area contributed by atoms with Gasteiger partial charge < -0.3 is 14.3 Å². The van der Waals surface area contributed by atoms with Crippen LogP contribution in [0.3, 0.4) is 0 Å². The summed E-state index contributed by atoms with van der Waals surface area (Å²) in [6.07, 6.45) is 0. The van der Waals surface area contributed by atoms with Gasteiger partial charge in [0.2, 0.25) is 5.55 Å². The zero-order valence-electron chi connectivity index (χ0n) is 18.0. The summed E-state index contributed by atoms with van der Waals surface area (Å²) in [5.74, 6) is 0.744. The summed E-state index contributed by atoms with van der Waals surface area (Å²) in [7, 11) is 0. The third-order valence-electron chi connectivity index (χ3n) is 5.56. The number of halogens is 1. The molecule has 0 radical (unpaired) electrons. The second-order valence-electron chi connectivity index (χ2n) is 7.55. The minimum atomic E-state index is 0.537. The highest BCUT2D eigenvalue weighted by Crippen LogP contribution is 2.26. The van der Waals surface area contributed by atoms with Gasteiger partial charge >= 0.3 is 0 Å². The maximum atomic E-state index is 6.40. The van der Waals surface area contributed by atoms with E-state index >= 15 is 0 Å². The molecule has 5 nitrogen and oxygen atoms in total. The van der Waals surface area contributed by atoms with Gasteiger partial charge in [-0.3, -0.25) is 0 Å². The van der Waals surface area contributed by atoms with E-state index in [9.17, 15) is 0 Å². The van der Waals surface area contributed by atoms with Gasteiger partial charge in [0.05, 0.1) is 22.3 Å². The van der Waals surface area contributed by atoms with Crippen LogP contribution in [-0.4, -0.2) is 23.1 Å². The fraction of sp³-hybridized carbons (Fsp3) is 0.154. The van der Waals surface area contributed by atoms with Crippen LogP contribution >= 0.6 is 22.6 Å². The molecule has 0 aliphatic carbocycles. The average molecular weight is 534 g/mol. The number of rotatable bonds is 5. The van der Waals surface area contributed by atoms with Crippen molar-refractivity contribution in [1.82, 2.24) is 9.97 Å². The first kappa shape index (κ1) is 20.8. The van der Waals surface area contributed by atoms with E-state index in [1.807, 2.05) is 48.5 Å². The quantitative estimate of drug-likeness (QED) is 0.257.